The number of nitrogens with zero attached hydrogens (tertiary/aromatic N) is 2. The van der Waals surface area contributed by atoms with Crippen LogP contribution in [0.1, 0.15) is 47.7 Å². The van der Waals surface area contributed by atoms with Gasteiger partial charge in [-0.15, -0.1) is 0 Å². The Balaban J connectivity index is 1.55. The Morgan fingerprint density at radius 3 is 2.58 bits per heavy atom. The fourth-order valence-corrected chi connectivity index (χ4v) is 2.66. The molecule has 3 rings (SSSR count). The molecule has 2 aromatic rings. The van der Waals surface area contributed by atoms with Crippen LogP contribution in [0.4, 0.5) is 0 Å². The van der Waals surface area contributed by atoms with Crippen molar-refractivity contribution < 1.29 is 14.3 Å². The van der Waals surface area contributed by atoms with Gasteiger partial charge in [-0.25, -0.2) is 4.79 Å². The summed E-state index contributed by atoms with van der Waals surface area (Å²) in [5.41, 5.74) is 2.59. The van der Waals surface area contributed by atoms with Crippen molar-refractivity contribution in [3.63, 3.8) is 0 Å². The molecule has 0 saturated heterocycles. The number of Topliss-reactive ketones (excluding diaryl/α,β-unsaturated/α-hetero) is 1. The molecular weight excluding hydrogens is 304 g/mol. The van der Waals surface area contributed by atoms with Crippen LogP contribution < -0.4 is 0 Å². The van der Waals surface area contributed by atoms with Crippen LogP contribution in [0.25, 0.3) is 0 Å². The predicted molar refractivity (Wildman–Crippen MR) is 89.8 cm³/mol. The highest BCUT2D eigenvalue weighted by Gasteiger charge is 2.24. The molecule has 1 aliphatic rings. The first-order valence-corrected chi connectivity index (χ1v) is 8.43. The maximum atomic E-state index is 11.9. The molecule has 1 aliphatic carbocycles. The topological polar surface area (TPSA) is 61.2 Å². The summed E-state index contributed by atoms with van der Waals surface area (Å²) < 4.78 is 6.66. The van der Waals surface area contributed by atoms with Gasteiger partial charge in [-0.05, 0) is 36.8 Å². The molecule has 0 unspecified atom stereocenters. The van der Waals surface area contributed by atoms with Gasteiger partial charge in [0.1, 0.15) is 5.78 Å². The van der Waals surface area contributed by atoms with Crippen molar-refractivity contribution in [3.05, 3.63) is 53.3 Å². The molecule has 126 valence electrons. The van der Waals surface area contributed by atoms with Crippen LogP contribution in [0.2, 0.25) is 0 Å². The van der Waals surface area contributed by atoms with Gasteiger partial charge in [-0.2, -0.15) is 5.10 Å². The van der Waals surface area contributed by atoms with Gasteiger partial charge in [-0.3, -0.25) is 9.48 Å². The Labute approximate surface area is 141 Å². The average Bonchev–Trinajstić information content (AvgIpc) is 3.24. The van der Waals surface area contributed by atoms with E-state index in [0.717, 1.165) is 17.5 Å². The Bertz CT molecular complexity index is 714. The first-order valence-electron chi connectivity index (χ1n) is 8.43. The van der Waals surface area contributed by atoms with Crippen LogP contribution in [-0.4, -0.2) is 28.1 Å². The summed E-state index contributed by atoms with van der Waals surface area (Å²) in [5, 5.41) is 4.19. The van der Waals surface area contributed by atoms with E-state index in [1.165, 1.54) is 19.0 Å². The third-order valence-corrected chi connectivity index (χ3v) is 4.13. The second kappa shape index (κ2) is 7.43. The van der Waals surface area contributed by atoms with Crippen molar-refractivity contribution in [3.8, 4) is 0 Å². The average molecular weight is 326 g/mol. The quantitative estimate of drug-likeness (QED) is 0.700. The normalized spacial score (nSPS) is 13.7. The van der Waals surface area contributed by atoms with Crippen LogP contribution in [0, 0.1) is 5.92 Å². The number of carbonyl (C=O) groups is 2. The third kappa shape index (κ3) is 4.54. The van der Waals surface area contributed by atoms with Crippen molar-refractivity contribution >= 4 is 11.8 Å². The van der Waals surface area contributed by atoms with Crippen LogP contribution in [-0.2, 0) is 22.5 Å². The number of ketones is 1. The zero-order chi connectivity index (χ0) is 16.9. The fraction of sp³-hybridized carbons (Fsp3) is 0.421. The molecule has 1 fully saturated rings. The zero-order valence-corrected chi connectivity index (χ0v) is 13.9. The van der Waals surface area contributed by atoms with E-state index in [4.69, 9.17) is 4.74 Å². The lowest BCUT2D eigenvalue weighted by Gasteiger charge is -2.05. The van der Waals surface area contributed by atoms with Crippen molar-refractivity contribution in [2.75, 3.05) is 6.61 Å². The number of esters is 1. The van der Waals surface area contributed by atoms with Crippen molar-refractivity contribution in [1.29, 1.82) is 0 Å². The highest BCUT2D eigenvalue weighted by Crippen LogP contribution is 2.32. The Hall–Kier alpha value is -2.43. The van der Waals surface area contributed by atoms with Gasteiger partial charge < -0.3 is 4.74 Å². The summed E-state index contributed by atoms with van der Waals surface area (Å²) in [4.78, 5) is 23.5. The molecule has 0 aliphatic heterocycles. The van der Waals surface area contributed by atoms with E-state index < -0.39 is 0 Å². The highest BCUT2D eigenvalue weighted by atomic mass is 16.5. The molecule has 0 radical (unpaired) electrons. The number of hydrogen-bond donors (Lipinski definition) is 0. The van der Waals surface area contributed by atoms with Crippen LogP contribution in [0.15, 0.2) is 36.7 Å². The molecule has 5 heteroatoms. The van der Waals surface area contributed by atoms with Crippen LogP contribution >= 0.6 is 0 Å². The van der Waals surface area contributed by atoms with Crippen LogP contribution in [0.5, 0.6) is 0 Å². The van der Waals surface area contributed by atoms with Gasteiger partial charge >= 0.3 is 5.97 Å². The number of benzene rings is 1. The van der Waals surface area contributed by atoms with Gasteiger partial charge in [0.2, 0.25) is 0 Å². The smallest absolute Gasteiger partial charge is 0.341 e. The van der Waals surface area contributed by atoms with Crippen LogP contribution in [0.3, 0.4) is 0 Å². The molecule has 0 atom stereocenters. The van der Waals surface area contributed by atoms with Gasteiger partial charge in [0.25, 0.3) is 0 Å². The van der Waals surface area contributed by atoms with E-state index >= 15 is 0 Å². The highest BCUT2D eigenvalue weighted by molar-refractivity contribution is 5.88. The fourth-order valence-electron chi connectivity index (χ4n) is 2.66. The molecular formula is C19H22N2O3. The van der Waals surface area contributed by atoms with Gasteiger partial charge in [-0.1, -0.05) is 24.3 Å². The first kappa shape index (κ1) is 16.4. The SMILES string of the molecule is CCOC(=O)c1cnn(Cc2ccc(CC(=O)CC3CC3)cc2)c1. The molecule has 0 bridgehead atoms. The third-order valence-electron chi connectivity index (χ3n) is 4.13. The summed E-state index contributed by atoms with van der Waals surface area (Å²) in [6.07, 6.45) is 6.87. The predicted octanol–water partition coefficient (Wildman–Crippen LogP) is 3.02. The minimum atomic E-state index is -0.353. The second-order valence-corrected chi connectivity index (χ2v) is 6.33. The molecule has 1 aromatic heterocycles. The number of carbonyl (C=O) groups excluding carboxylic acids is 2. The summed E-state index contributed by atoms with van der Waals surface area (Å²) >= 11 is 0. The lowest BCUT2D eigenvalue weighted by molar-refractivity contribution is -0.118. The molecule has 5 nitrogen and oxygen atoms in total. The molecule has 0 spiro atoms. The minimum Gasteiger partial charge on any atom is -0.462 e. The monoisotopic (exact) mass is 326 g/mol. The van der Waals surface area contributed by atoms with E-state index in [2.05, 4.69) is 5.10 Å². The largest absolute Gasteiger partial charge is 0.462 e. The maximum absolute atomic E-state index is 11.9. The molecule has 24 heavy (non-hydrogen) atoms. The number of ether oxygens (including phenoxy) is 1. The number of aromatic nitrogens is 2. The second-order valence-electron chi connectivity index (χ2n) is 6.33. The Morgan fingerprint density at radius 2 is 1.92 bits per heavy atom. The summed E-state index contributed by atoms with van der Waals surface area (Å²) in [6, 6.07) is 8.00. The Kier molecular flexibility index (Phi) is 5.08. The lowest BCUT2D eigenvalue weighted by Crippen LogP contribution is -2.05. The van der Waals surface area contributed by atoms with E-state index in [0.29, 0.717) is 36.8 Å². The summed E-state index contributed by atoms with van der Waals surface area (Å²) in [7, 11) is 0. The van der Waals surface area contributed by atoms with E-state index in [1.54, 1.807) is 17.8 Å². The Morgan fingerprint density at radius 1 is 1.21 bits per heavy atom. The summed E-state index contributed by atoms with van der Waals surface area (Å²) in [6.45, 7) is 2.71. The molecule has 1 aromatic carbocycles. The van der Waals surface area contributed by atoms with E-state index in [-0.39, 0.29) is 5.97 Å². The minimum absolute atomic E-state index is 0.330. The zero-order valence-electron chi connectivity index (χ0n) is 13.9. The molecule has 0 N–H and O–H groups in total. The molecule has 1 heterocycles. The molecule has 1 saturated carbocycles. The first-order chi connectivity index (χ1) is 11.6. The van der Waals surface area contributed by atoms with Gasteiger partial charge in [0.15, 0.2) is 0 Å². The van der Waals surface area contributed by atoms with Crippen molar-refractivity contribution in [2.45, 2.75) is 39.2 Å². The standard InChI is InChI=1S/C19H22N2O3/c1-2-24-19(23)17-11-20-21(13-17)12-16-7-5-15(6-8-16)10-18(22)9-14-3-4-14/h5-8,11,13-14H,2-4,9-10,12H2,1H3. The number of hydrogen-bond acceptors (Lipinski definition) is 4. The van der Waals surface area contributed by atoms with E-state index in [9.17, 15) is 9.59 Å². The number of rotatable bonds is 8. The van der Waals surface area contributed by atoms with Gasteiger partial charge in [0.05, 0.1) is 24.9 Å². The molecule has 0 amide bonds. The van der Waals surface area contributed by atoms with Crippen molar-refractivity contribution in [2.24, 2.45) is 5.92 Å². The van der Waals surface area contributed by atoms with Crippen molar-refractivity contribution in [1.82, 2.24) is 9.78 Å². The van der Waals surface area contributed by atoms with E-state index in [1.807, 2.05) is 24.3 Å². The lowest BCUT2D eigenvalue weighted by atomic mass is 10.0. The summed E-state index contributed by atoms with van der Waals surface area (Å²) in [5.74, 6) is 0.620. The van der Waals surface area contributed by atoms with Gasteiger partial charge in [0, 0.05) is 19.0 Å². The maximum Gasteiger partial charge on any atom is 0.341 e.